The maximum Gasteiger partial charge on any atom is 0.227 e. The standard InChI is InChI=1S/C13H15BrClNO/c14-13-10(5-4-6-11(13)15)9-12(17)16-7-2-1-3-8-16/h4-6H,1-3,7-9H2. The Kier molecular flexibility index (Phi) is 4.46. The molecule has 1 aromatic rings. The zero-order chi connectivity index (χ0) is 12.3. The van der Waals surface area contributed by atoms with Crippen LogP contribution in [0.25, 0.3) is 0 Å². The molecule has 1 amide bonds. The van der Waals surface area contributed by atoms with Gasteiger partial charge >= 0.3 is 0 Å². The van der Waals surface area contributed by atoms with E-state index in [9.17, 15) is 4.79 Å². The highest BCUT2D eigenvalue weighted by Crippen LogP contribution is 2.27. The molecule has 0 aliphatic carbocycles. The van der Waals surface area contributed by atoms with E-state index in [1.165, 1.54) is 6.42 Å². The molecule has 17 heavy (non-hydrogen) atoms. The van der Waals surface area contributed by atoms with E-state index in [0.29, 0.717) is 11.4 Å². The molecule has 4 heteroatoms. The number of carbonyl (C=O) groups is 1. The largest absolute Gasteiger partial charge is 0.342 e. The lowest BCUT2D eigenvalue weighted by Gasteiger charge is -2.26. The van der Waals surface area contributed by atoms with Gasteiger partial charge in [-0.2, -0.15) is 0 Å². The summed E-state index contributed by atoms with van der Waals surface area (Å²) in [6.45, 7) is 1.80. The summed E-state index contributed by atoms with van der Waals surface area (Å²) in [6, 6.07) is 5.64. The molecule has 0 atom stereocenters. The van der Waals surface area contributed by atoms with Gasteiger partial charge in [-0.1, -0.05) is 23.7 Å². The lowest BCUT2D eigenvalue weighted by molar-refractivity contribution is -0.131. The van der Waals surface area contributed by atoms with Crippen molar-refractivity contribution < 1.29 is 4.79 Å². The van der Waals surface area contributed by atoms with Gasteiger partial charge in [0.15, 0.2) is 0 Å². The Balaban J connectivity index is 2.04. The summed E-state index contributed by atoms with van der Waals surface area (Å²) in [5, 5.41) is 0.661. The van der Waals surface area contributed by atoms with Crippen LogP contribution < -0.4 is 0 Å². The highest BCUT2D eigenvalue weighted by Gasteiger charge is 2.17. The summed E-state index contributed by atoms with van der Waals surface area (Å²) >= 11 is 9.44. The Hall–Kier alpha value is -0.540. The van der Waals surface area contributed by atoms with Crippen LogP contribution in [0.2, 0.25) is 5.02 Å². The first kappa shape index (κ1) is 12.9. The number of carbonyl (C=O) groups excluding carboxylic acids is 1. The predicted octanol–water partition coefficient (Wildman–Crippen LogP) is 3.66. The molecular weight excluding hydrogens is 302 g/mol. The Bertz CT molecular complexity index is 416. The molecule has 0 N–H and O–H groups in total. The van der Waals surface area contributed by atoms with Crippen LogP contribution in [0.4, 0.5) is 0 Å². The van der Waals surface area contributed by atoms with Crippen LogP contribution in [-0.4, -0.2) is 23.9 Å². The van der Waals surface area contributed by atoms with E-state index in [4.69, 9.17) is 11.6 Å². The monoisotopic (exact) mass is 315 g/mol. The first-order chi connectivity index (χ1) is 8.18. The van der Waals surface area contributed by atoms with Crippen molar-refractivity contribution in [2.24, 2.45) is 0 Å². The summed E-state index contributed by atoms with van der Waals surface area (Å²) in [7, 11) is 0. The van der Waals surface area contributed by atoms with Crippen molar-refractivity contribution >= 4 is 33.4 Å². The van der Waals surface area contributed by atoms with E-state index in [1.807, 2.05) is 23.1 Å². The second kappa shape index (κ2) is 5.87. The van der Waals surface area contributed by atoms with Gasteiger partial charge in [0.1, 0.15) is 0 Å². The molecule has 0 aromatic heterocycles. The number of piperidine rings is 1. The molecule has 0 unspecified atom stereocenters. The minimum atomic E-state index is 0.202. The summed E-state index contributed by atoms with van der Waals surface area (Å²) in [4.78, 5) is 14.0. The van der Waals surface area contributed by atoms with E-state index < -0.39 is 0 Å². The smallest absolute Gasteiger partial charge is 0.227 e. The molecule has 1 aliphatic rings. The maximum absolute atomic E-state index is 12.1. The van der Waals surface area contributed by atoms with Gasteiger partial charge in [-0.3, -0.25) is 4.79 Å². The van der Waals surface area contributed by atoms with Crippen LogP contribution in [0, 0.1) is 0 Å². The lowest BCUT2D eigenvalue weighted by Crippen LogP contribution is -2.36. The van der Waals surface area contributed by atoms with Gasteiger partial charge in [0.2, 0.25) is 5.91 Å². The van der Waals surface area contributed by atoms with E-state index in [-0.39, 0.29) is 5.91 Å². The number of hydrogen-bond donors (Lipinski definition) is 0. The number of benzene rings is 1. The molecule has 1 aromatic carbocycles. The first-order valence-corrected chi connectivity index (χ1v) is 7.06. The normalized spacial score (nSPS) is 16.0. The number of likely N-dealkylation sites (tertiary alicyclic amines) is 1. The molecule has 2 rings (SSSR count). The van der Waals surface area contributed by atoms with Crippen LogP contribution in [0.15, 0.2) is 22.7 Å². The van der Waals surface area contributed by atoms with Crippen molar-refractivity contribution in [2.45, 2.75) is 25.7 Å². The second-order valence-corrected chi connectivity index (χ2v) is 5.53. The van der Waals surface area contributed by atoms with Gasteiger partial charge < -0.3 is 4.90 Å². The number of rotatable bonds is 2. The highest BCUT2D eigenvalue weighted by atomic mass is 79.9. The molecule has 0 bridgehead atoms. The van der Waals surface area contributed by atoms with Crippen LogP contribution >= 0.6 is 27.5 Å². The zero-order valence-electron chi connectivity index (χ0n) is 9.59. The summed E-state index contributed by atoms with van der Waals surface area (Å²) < 4.78 is 0.840. The summed E-state index contributed by atoms with van der Waals surface area (Å²) in [5.41, 5.74) is 0.966. The fourth-order valence-corrected chi connectivity index (χ4v) is 2.70. The highest BCUT2D eigenvalue weighted by molar-refractivity contribution is 9.10. The molecule has 1 saturated heterocycles. The molecule has 0 radical (unpaired) electrons. The van der Waals surface area contributed by atoms with Gasteiger partial charge in [0.05, 0.1) is 11.4 Å². The van der Waals surface area contributed by atoms with Crippen molar-refractivity contribution in [2.75, 3.05) is 13.1 Å². The van der Waals surface area contributed by atoms with Crippen molar-refractivity contribution in [3.63, 3.8) is 0 Å². The molecule has 92 valence electrons. The molecule has 0 saturated carbocycles. The van der Waals surface area contributed by atoms with Crippen LogP contribution in [0.5, 0.6) is 0 Å². The third-order valence-electron chi connectivity index (χ3n) is 3.08. The number of hydrogen-bond acceptors (Lipinski definition) is 1. The minimum Gasteiger partial charge on any atom is -0.342 e. The van der Waals surface area contributed by atoms with Gasteiger partial charge in [-0.25, -0.2) is 0 Å². The van der Waals surface area contributed by atoms with Crippen molar-refractivity contribution in [1.82, 2.24) is 4.90 Å². The minimum absolute atomic E-state index is 0.202. The van der Waals surface area contributed by atoms with E-state index in [0.717, 1.165) is 36.0 Å². The molecular formula is C13H15BrClNO. The SMILES string of the molecule is O=C(Cc1cccc(Cl)c1Br)N1CCCCC1. The Labute approximate surface area is 115 Å². The van der Waals surface area contributed by atoms with Crippen LogP contribution in [0.1, 0.15) is 24.8 Å². The number of amides is 1. The zero-order valence-corrected chi connectivity index (χ0v) is 11.9. The Morgan fingerprint density at radius 1 is 1.29 bits per heavy atom. The van der Waals surface area contributed by atoms with E-state index in [2.05, 4.69) is 15.9 Å². The van der Waals surface area contributed by atoms with E-state index >= 15 is 0 Å². The predicted molar refractivity (Wildman–Crippen MR) is 73.3 cm³/mol. The topological polar surface area (TPSA) is 20.3 Å². The van der Waals surface area contributed by atoms with Crippen LogP contribution in [0.3, 0.4) is 0 Å². The fourth-order valence-electron chi connectivity index (χ4n) is 2.10. The second-order valence-electron chi connectivity index (χ2n) is 4.33. The Morgan fingerprint density at radius 3 is 2.71 bits per heavy atom. The number of halogens is 2. The third-order valence-corrected chi connectivity index (χ3v) is 4.56. The lowest BCUT2D eigenvalue weighted by atomic mass is 10.1. The molecule has 0 spiro atoms. The van der Waals surface area contributed by atoms with Gasteiger partial charge in [-0.15, -0.1) is 0 Å². The molecule has 1 aliphatic heterocycles. The molecule has 1 fully saturated rings. The van der Waals surface area contributed by atoms with Crippen molar-refractivity contribution in [3.8, 4) is 0 Å². The van der Waals surface area contributed by atoms with Gasteiger partial charge in [0.25, 0.3) is 0 Å². The average Bonchev–Trinajstić information content (AvgIpc) is 2.36. The third kappa shape index (κ3) is 3.23. The van der Waals surface area contributed by atoms with Crippen molar-refractivity contribution in [3.05, 3.63) is 33.3 Å². The van der Waals surface area contributed by atoms with Gasteiger partial charge in [-0.05, 0) is 46.8 Å². The van der Waals surface area contributed by atoms with Crippen molar-refractivity contribution in [1.29, 1.82) is 0 Å². The summed E-state index contributed by atoms with van der Waals surface area (Å²) in [5.74, 6) is 0.202. The van der Waals surface area contributed by atoms with Crippen LogP contribution in [-0.2, 0) is 11.2 Å². The average molecular weight is 317 g/mol. The first-order valence-electron chi connectivity index (χ1n) is 5.89. The number of nitrogens with zero attached hydrogens (tertiary/aromatic N) is 1. The maximum atomic E-state index is 12.1. The fraction of sp³-hybridized carbons (Fsp3) is 0.462. The molecule has 2 nitrogen and oxygen atoms in total. The molecule has 1 heterocycles. The quantitative estimate of drug-likeness (QED) is 0.815. The van der Waals surface area contributed by atoms with E-state index in [1.54, 1.807) is 0 Å². The Morgan fingerprint density at radius 2 is 2.00 bits per heavy atom. The summed E-state index contributed by atoms with van der Waals surface area (Å²) in [6.07, 6.45) is 3.93. The van der Waals surface area contributed by atoms with Gasteiger partial charge in [0, 0.05) is 17.6 Å².